The van der Waals surface area contributed by atoms with Gasteiger partial charge < -0.3 is 9.84 Å². The van der Waals surface area contributed by atoms with E-state index in [4.69, 9.17) is 10.4 Å². The zero-order chi connectivity index (χ0) is 20.6. The zero-order valence-corrected chi connectivity index (χ0v) is 16.4. The number of nitrogens with zero attached hydrogens (tertiary/aromatic N) is 4. The van der Waals surface area contributed by atoms with E-state index in [-0.39, 0.29) is 5.41 Å². The second-order valence-electron chi connectivity index (χ2n) is 7.73. The molecule has 0 saturated carbocycles. The highest BCUT2D eigenvalue weighted by Gasteiger charge is 2.22. The summed E-state index contributed by atoms with van der Waals surface area (Å²) >= 11 is 0. The summed E-state index contributed by atoms with van der Waals surface area (Å²) < 4.78 is 5.26. The van der Waals surface area contributed by atoms with Crippen molar-refractivity contribution in [3.63, 3.8) is 0 Å². The molecule has 0 fully saturated rings. The second kappa shape index (κ2) is 7.06. The van der Waals surface area contributed by atoms with Gasteiger partial charge in [0.1, 0.15) is 17.3 Å². The third-order valence-corrected chi connectivity index (χ3v) is 4.46. The number of rotatable bonds is 3. The molecule has 5 N–H and O–H groups in total. The maximum absolute atomic E-state index is 12.2. The third-order valence-electron chi connectivity index (χ3n) is 4.46. The fourth-order valence-electron chi connectivity index (χ4n) is 2.87. The molecule has 1 aromatic carbocycles. The molecule has 0 aliphatic carbocycles. The number of H-pyrrole nitrogens is 1. The second-order valence-corrected chi connectivity index (χ2v) is 7.73. The number of hydrogen-bond donors (Lipinski definition) is 4. The van der Waals surface area contributed by atoms with Gasteiger partial charge in [0.05, 0.1) is 18.4 Å². The van der Waals surface area contributed by atoms with Gasteiger partial charge in [-0.05, 0) is 24.3 Å². The molecule has 3 aromatic rings. The standard InChI is InChI=1S/C19H22N8O2/c1-19(2,3)15-8-16(26-29-15)24-18(28)23-12-6-4-11(5-7-12)17-21-9-13-14(27(17)20)10-22-25-13/h4-8,10H,9,20H2,1-3H3,(H,22,25)(H2,23,24,26,28). The average molecular weight is 394 g/mol. The van der Waals surface area contributed by atoms with E-state index in [1.807, 2.05) is 32.9 Å². The lowest BCUT2D eigenvalue weighted by atomic mass is 9.93. The zero-order valence-electron chi connectivity index (χ0n) is 16.4. The number of aliphatic imine (C=N–C) groups is 1. The van der Waals surface area contributed by atoms with E-state index in [0.717, 1.165) is 16.9 Å². The van der Waals surface area contributed by atoms with Crippen LogP contribution in [0.3, 0.4) is 0 Å². The fourth-order valence-corrected chi connectivity index (χ4v) is 2.87. The number of hydrazine groups is 1. The van der Waals surface area contributed by atoms with Gasteiger partial charge in [-0.3, -0.25) is 20.4 Å². The van der Waals surface area contributed by atoms with Crippen LogP contribution in [0.25, 0.3) is 0 Å². The van der Waals surface area contributed by atoms with Crippen molar-refractivity contribution in [3.8, 4) is 0 Å². The number of fused-ring (bicyclic) bond motifs is 1. The average Bonchev–Trinajstić information content (AvgIpc) is 3.32. The molecular weight excluding hydrogens is 372 g/mol. The molecule has 150 valence electrons. The number of carbonyl (C=O) groups excluding carboxylic acids is 1. The minimum absolute atomic E-state index is 0.185. The van der Waals surface area contributed by atoms with Crippen LogP contribution >= 0.6 is 0 Å². The number of carbonyl (C=O) groups is 1. The summed E-state index contributed by atoms with van der Waals surface area (Å²) in [4.78, 5) is 16.7. The van der Waals surface area contributed by atoms with Gasteiger partial charge in [-0.1, -0.05) is 25.9 Å². The molecule has 0 spiro atoms. The van der Waals surface area contributed by atoms with Crippen molar-refractivity contribution in [1.82, 2.24) is 15.4 Å². The summed E-state index contributed by atoms with van der Waals surface area (Å²) in [7, 11) is 0. The Bertz CT molecular complexity index is 1060. The first-order valence-electron chi connectivity index (χ1n) is 9.08. The molecule has 29 heavy (non-hydrogen) atoms. The van der Waals surface area contributed by atoms with Gasteiger partial charge in [0, 0.05) is 22.7 Å². The normalized spacial score (nSPS) is 13.7. The third kappa shape index (κ3) is 3.83. The number of aromatic amines is 1. The van der Waals surface area contributed by atoms with Crippen LogP contribution in [0.5, 0.6) is 0 Å². The minimum atomic E-state index is -0.412. The Balaban J connectivity index is 1.40. The molecule has 10 heteroatoms. The predicted octanol–water partition coefficient (Wildman–Crippen LogP) is 2.98. The SMILES string of the molecule is CC(C)(C)c1cc(NC(=O)Nc2ccc(C3=NCc4[nH]ncc4N3N)cc2)no1. The number of nitrogens with one attached hydrogen (secondary N) is 3. The molecule has 0 saturated heterocycles. The Labute approximate surface area is 167 Å². The maximum atomic E-state index is 12.2. The van der Waals surface area contributed by atoms with Crippen LogP contribution in [0.1, 0.15) is 37.8 Å². The van der Waals surface area contributed by atoms with Crippen LogP contribution in [0.15, 0.2) is 46.0 Å². The van der Waals surface area contributed by atoms with Crippen molar-refractivity contribution in [1.29, 1.82) is 0 Å². The number of amidine groups is 1. The number of nitrogens with two attached hydrogens (primary N) is 1. The summed E-state index contributed by atoms with van der Waals surface area (Å²) in [5, 5.41) is 17.7. The van der Waals surface area contributed by atoms with Gasteiger partial charge in [-0.2, -0.15) is 5.10 Å². The first-order chi connectivity index (χ1) is 13.8. The van der Waals surface area contributed by atoms with E-state index >= 15 is 0 Å². The molecule has 2 aromatic heterocycles. The fraction of sp³-hybridized carbons (Fsp3) is 0.263. The van der Waals surface area contributed by atoms with Gasteiger partial charge in [0.25, 0.3) is 0 Å². The van der Waals surface area contributed by atoms with Crippen molar-refractivity contribution < 1.29 is 9.32 Å². The summed E-state index contributed by atoms with van der Waals surface area (Å²) in [6.45, 7) is 6.50. The molecule has 3 heterocycles. The maximum Gasteiger partial charge on any atom is 0.324 e. The molecule has 1 aliphatic heterocycles. The number of amides is 2. The Morgan fingerprint density at radius 2 is 2.00 bits per heavy atom. The summed E-state index contributed by atoms with van der Waals surface area (Å²) in [6.07, 6.45) is 1.67. The van der Waals surface area contributed by atoms with Gasteiger partial charge in [-0.25, -0.2) is 10.6 Å². The molecule has 0 atom stereocenters. The quantitative estimate of drug-likeness (QED) is 0.504. The molecule has 4 rings (SSSR count). The number of aromatic nitrogens is 3. The Morgan fingerprint density at radius 3 is 2.69 bits per heavy atom. The largest absolute Gasteiger partial charge is 0.359 e. The van der Waals surface area contributed by atoms with Crippen LogP contribution in [-0.2, 0) is 12.0 Å². The lowest BCUT2D eigenvalue weighted by Crippen LogP contribution is -2.40. The molecule has 2 amide bonds. The molecule has 0 unspecified atom stereocenters. The summed E-state index contributed by atoms with van der Waals surface area (Å²) in [5.41, 5.74) is 2.92. The van der Waals surface area contributed by atoms with E-state index in [1.54, 1.807) is 24.4 Å². The van der Waals surface area contributed by atoms with Crippen molar-refractivity contribution in [3.05, 3.63) is 53.5 Å². The molecular formula is C19H22N8O2. The molecule has 10 nitrogen and oxygen atoms in total. The van der Waals surface area contributed by atoms with E-state index in [9.17, 15) is 4.79 Å². The van der Waals surface area contributed by atoms with Crippen LogP contribution in [0.2, 0.25) is 0 Å². The first-order valence-corrected chi connectivity index (χ1v) is 9.08. The van der Waals surface area contributed by atoms with Crippen molar-refractivity contribution in [2.45, 2.75) is 32.7 Å². The first kappa shape index (κ1) is 18.7. The van der Waals surface area contributed by atoms with Crippen LogP contribution < -0.4 is 21.5 Å². The number of hydrogen-bond acceptors (Lipinski definition) is 7. The highest BCUT2D eigenvalue weighted by molar-refractivity contribution is 6.10. The molecule has 1 aliphatic rings. The van der Waals surface area contributed by atoms with Crippen molar-refractivity contribution >= 4 is 29.1 Å². The molecule has 0 bridgehead atoms. The predicted molar refractivity (Wildman–Crippen MR) is 110 cm³/mol. The highest BCUT2D eigenvalue weighted by atomic mass is 16.5. The van der Waals surface area contributed by atoms with E-state index in [1.165, 1.54) is 5.01 Å². The number of urea groups is 1. The lowest BCUT2D eigenvalue weighted by Gasteiger charge is -2.24. The van der Waals surface area contributed by atoms with Gasteiger partial charge in [0.2, 0.25) is 0 Å². The summed E-state index contributed by atoms with van der Waals surface area (Å²) in [6, 6.07) is 8.54. The lowest BCUT2D eigenvalue weighted by molar-refractivity contribution is 0.262. The Kier molecular flexibility index (Phi) is 4.55. The topological polar surface area (TPSA) is 137 Å². The van der Waals surface area contributed by atoms with Gasteiger partial charge >= 0.3 is 6.03 Å². The monoisotopic (exact) mass is 394 g/mol. The smallest absolute Gasteiger partial charge is 0.324 e. The van der Waals surface area contributed by atoms with Crippen molar-refractivity contribution in [2.24, 2.45) is 10.8 Å². The Hall–Kier alpha value is -3.66. The van der Waals surface area contributed by atoms with E-state index < -0.39 is 6.03 Å². The van der Waals surface area contributed by atoms with Gasteiger partial charge in [0.15, 0.2) is 5.82 Å². The van der Waals surface area contributed by atoms with E-state index in [0.29, 0.717) is 29.6 Å². The van der Waals surface area contributed by atoms with Crippen molar-refractivity contribution in [2.75, 3.05) is 15.6 Å². The Morgan fingerprint density at radius 1 is 1.24 bits per heavy atom. The van der Waals surface area contributed by atoms with Crippen LogP contribution in [-0.4, -0.2) is 27.2 Å². The van der Waals surface area contributed by atoms with E-state index in [2.05, 4.69) is 31.0 Å². The molecule has 0 radical (unpaired) electrons. The minimum Gasteiger partial charge on any atom is -0.359 e. The number of benzene rings is 1. The van der Waals surface area contributed by atoms with Gasteiger partial charge in [-0.15, -0.1) is 0 Å². The van der Waals surface area contributed by atoms with Crippen LogP contribution in [0, 0.1) is 0 Å². The van der Waals surface area contributed by atoms with Crippen LogP contribution in [0.4, 0.5) is 22.0 Å². The summed E-state index contributed by atoms with van der Waals surface area (Å²) in [5.74, 6) is 7.83. The highest BCUT2D eigenvalue weighted by Crippen LogP contribution is 2.25. The number of anilines is 3.